The molecule has 0 bridgehead atoms. The van der Waals surface area contributed by atoms with Crippen LogP contribution in [0.2, 0.25) is 0 Å². The van der Waals surface area contributed by atoms with Gasteiger partial charge in [0.1, 0.15) is 35.7 Å². The second-order valence-electron chi connectivity index (χ2n) is 19.1. The monoisotopic (exact) mass is 1270 g/mol. The predicted octanol–water partition coefficient (Wildman–Crippen LogP) is 15.8. The summed E-state index contributed by atoms with van der Waals surface area (Å²) in [6.07, 6.45) is 9.19. The number of nitriles is 2. The first-order valence-corrected chi connectivity index (χ1v) is 32.3. The number of hydrogen-bond donors (Lipinski definition) is 0. The fourth-order valence-corrected chi connectivity index (χ4v) is 12.6. The van der Waals surface area contributed by atoms with Gasteiger partial charge in [-0.2, -0.15) is 27.4 Å². The van der Waals surface area contributed by atoms with Gasteiger partial charge in [-0.3, -0.25) is 8.57 Å². The van der Waals surface area contributed by atoms with Crippen LogP contribution in [0.1, 0.15) is 67.7 Å². The van der Waals surface area contributed by atoms with Crippen molar-refractivity contribution in [1.29, 1.82) is 10.5 Å². The van der Waals surface area contributed by atoms with Crippen molar-refractivity contribution >= 4 is 72.5 Å². The highest BCUT2D eigenvalue weighted by atomic mass is 32.2. The van der Waals surface area contributed by atoms with Crippen molar-refractivity contribution in [3.05, 3.63) is 256 Å². The van der Waals surface area contributed by atoms with E-state index in [1.165, 1.54) is 63.2 Å². The third-order valence-corrected chi connectivity index (χ3v) is 18.2. The van der Waals surface area contributed by atoms with E-state index in [0.29, 0.717) is 33.3 Å². The van der Waals surface area contributed by atoms with Crippen molar-refractivity contribution < 1.29 is 52.1 Å². The average molecular weight is 1270 g/mol. The molecule has 0 fully saturated rings. The Morgan fingerprint density at radius 1 is 0.580 bits per heavy atom. The molecule has 88 heavy (non-hydrogen) atoms. The van der Waals surface area contributed by atoms with Gasteiger partial charge in [0.05, 0.1) is 29.3 Å². The Kier molecular flexibility index (Phi) is 26.4. The van der Waals surface area contributed by atoms with Crippen LogP contribution in [0.3, 0.4) is 0 Å². The van der Waals surface area contributed by atoms with Crippen molar-refractivity contribution in [2.75, 3.05) is 12.9 Å². The summed E-state index contributed by atoms with van der Waals surface area (Å²) in [6, 6.07) is 65.6. The molecule has 0 spiro atoms. The Bertz CT molecular complexity index is 3920. The Morgan fingerprint density at radius 2 is 1.09 bits per heavy atom. The molecule has 11 nitrogen and oxygen atoms in total. The van der Waals surface area contributed by atoms with E-state index in [-0.39, 0.29) is 27.3 Å². The standard InChI is InChI=1S/C24H19S.C20H16N2O3S2.C17H24N2O4S.C6BF5/c1-4-10-20(11-5-1)21-16-18-24(19-17-21)25(22-12-6-2-7-13-22)23-14-8-3-9-15-23;1-14-7-9-16(10-8-14)27(23,24)25-22-20-12-11-19(26-20)18(13-21)17-6-4-3-5-15(17)2;1-3-4-5-6-7-8-13-24(20,21)23-19-17(14-18)15-9-11-16(22-2)12-10-15;7-1-2(8)4(10)6(12)5(11)3(1)9/h1-19H;3-12H,1-2H3;9-12H,3-8,13H2,1-2H3;/q+1;;;/b;19-18-,22-20+;19-17+;. The normalized spacial score (nSPS) is 12.9. The molecule has 1 aliphatic rings. The fourth-order valence-electron chi connectivity index (χ4n) is 8.08. The second kappa shape index (κ2) is 34.0. The SMILES string of the molecule is CCCCCCCCS(=O)(=O)O/N=C(\C#N)c1ccc(OC)cc1.Cc1ccc(S(=O)(=O)O/N=C2C=C/C(=C(\C#N)c3ccccc3C)S\2)cc1.[B]c1c(F)c(F)c(F)c(F)c1F.c1ccc(-c2ccc([S+](c3ccccc3)c3ccccc3)cc2)cc1. The average Bonchev–Trinajstić information content (AvgIpc) is 2.45. The molecule has 8 aromatic rings. The van der Waals surface area contributed by atoms with E-state index >= 15 is 0 Å². The molecule has 0 amide bonds. The summed E-state index contributed by atoms with van der Waals surface area (Å²) in [5.74, 6) is -9.76. The van der Waals surface area contributed by atoms with Crippen LogP contribution in [0.4, 0.5) is 22.0 Å². The lowest BCUT2D eigenvalue weighted by molar-refractivity contribution is 0.338. The van der Waals surface area contributed by atoms with Crippen LogP contribution in [-0.4, -0.2) is 48.3 Å². The van der Waals surface area contributed by atoms with Gasteiger partial charge in [-0.05, 0) is 145 Å². The Labute approximate surface area is 519 Å². The van der Waals surface area contributed by atoms with Crippen LogP contribution in [0.5, 0.6) is 5.75 Å². The van der Waals surface area contributed by atoms with E-state index in [0.717, 1.165) is 42.4 Å². The number of methoxy groups -OCH3 is 1. The number of hydrogen-bond acceptors (Lipinski definition) is 12. The zero-order valence-corrected chi connectivity index (χ0v) is 51.5. The number of ether oxygens (including phenoxy) is 1. The highest BCUT2D eigenvalue weighted by Crippen LogP contribution is 2.36. The zero-order valence-electron chi connectivity index (χ0n) is 48.2. The lowest BCUT2D eigenvalue weighted by Gasteiger charge is -2.09. The fraction of sp³-hybridized carbons (Fsp3) is 0.164. The summed E-state index contributed by atoms with van der Waals surface area (Å²) in [7, 11) is -1.74. The molecule has 8 aromatic carbocycles. The van der Waals surface area contributed by atoms with Gasteiger partial charge in [0.25, 0.3) is 0 Å². The van der Waals surface area contributed by atoms with Gasteiger partial charge < -0.3 is 4.74 Å². The summed E-state index contributed by atoms with van der Waals surface area (Å²) >= 11 is 1.19. The molecular weight excluding hydrogens is 1210 g/mol. The second-order valence-corrected chi connectivity index (χ2v) is 25.4. The van der Waals surface area contributed by atoms with Crippen LogP contribution < -0.4 is 10.2 Å². The van der Waals surface area contributed by atoms with Crippen molar-refractivity contribution in [2.24, 2.45) is 10.3 Å². The minimum absolute atomic E-state index is 0.0396. The summed E-state index contributed by atoms with van der Waals surface area (Å²) in [5.41, 5.74) is 4.80. The van der Waals surface area contributed by atoms with Crippen LogP contribution in [0.15, 0.2) is 235 Å². The van der Waals surface area contributed by atoms with Gasteiger partial charge in [0.15, 0.2) is 49.5 Å². The molecule has 0 aromatic heterocycles. The van der Waals surface area contributed by atoms with Crippen LogP contribution in [-0.2, 0) is 39.7 Å². The highest BCUT2D eigenvalue weighted by Gasteiger charge is 2.28. The van der Waals surface area contributed by atoms with E-state index in [1.807, 2.05) is 44.2 Å². The minimum Gasteiger partial charge on any atom is -0.497 e. The van der Waals surface area contributed by atoms with Gasteiger partial charge in [0, 0.05) is 10.5 Å². The van der Waals surface area contributed by atoms with E-state index in [9.17, 15) is 44.0 Å². The Hall–Kier alpha value is -8.73. The van der Waals surface area contributed by atoms with E-state index in [4.69, 9.17) is 14.3 Å². The lowest BCUT2D eigenvalue weighted by Crippen LogP contribution is -2.20. The maximum absolute atomic E-state index is 12.3. The summed E-state index contributed by atoms with van der Waals surface area (Å²) in [6.45, 7) is 5.93. The van der Waals surface area contributed by atoms with E-state index < -0.39 is 54.8 Å². The van der Waals surface area contributed by atoms with Crippen molar-refractivity contribution in [3.63, 3.8) is 0 Å². The summed E-state index contributed by atoms with van der Waals surface area (Å²) in [5, 5.41) is 26.3. The molecule has 1 heterocycles. The molecule has 0 aliphatic carbocycles. The largest absolute Gasteiger partial charge is 0.497 e. The van der Waals surface area contributed by atoms with Crippen molar-refractivity contribution in [3.8, 4) is 29.0 Å². The van der Waals surface area contributed by atoms with Crippen LogP contribution in [0, 0.1) is 65.6 Å². The topological polar surface area (TPSA) is 168 Å². The van der Waals surface area contributed by atoms with Gasteiger partial charge in [-0.15, -0.1) is 0 Å². The highest BCUT2D eigenvalue weighted by molar-refractivity contribution is 8.18. The Morgan fingerprint density at radius 3 is 1.64 bits per heavy atom. The van der Waals surface area contributed by atoms with Crippen LogP contribution in [0.25, 0.3) is 16.7 Å². The number of rotatable bonds is 19. The van der Waals surface area contributed by atoms with Gasteiger partial charge in [0.2, 0.25) is 0 Å². The van der Waals surface area contributed by atoms with Crippen molar-refractivity contribution in [1.82, 2.24) is 0 Å². The molecule has 0 N–H and O–H groups in total. The molecule has 0 atom stereocenters. The van der Waals surface area contributed by atoms with Crippen LogP contribution >= 0.6 is 11.8 Å². The molecule has 0 saturated heterocycles. The van der Waals surface area contributed by atoms with Gasteiger partial charge in [-0.25, -0.2) is 22.0 Å². The lowest BCUT2D eigenvalue weighted by atomic mass is 9.94. The first-order valence-electron chi connectivity index (χ1n) is 27.3. The molecule has 450 valence electrons. The smallest absolute Gasteiger partial charge is 0.358 e. The first kappa shape index (κ1) is 68.4. The summed E-state index contributed by atoms with van der Waals surface area (Å²) < 4.78 is 124. The molecule has 2 radical (unpaired) electrons. The molecule has 21 heteroatoms. The quantitative estimate of drug-likeness (QED) is 0.00874. The van der Waals surface area contributed by atoms with Gasteiger partial charge >= 0.3 is 20.2 Å². The number of benzene rings is 8. The van der Waals surface area contributed by atoms with Gasteiger partial charge in [-0.1, -0.05) is 170 Å². The molecule has 1 aliphatic heterocycles. The maximum Gasteiger partial charge on any atom is 0.358 e. The third kappa shape index (κ3) is 19.9. The molecule has 0 unspecified atom stereocenters. The number of unbranched alkanes of at least 4 members (excludes halogenated alkanes) is 5. The van der Waals surface area contributed by atoms with E-state index in [1.54, 1.807) is 48.6 Å². The van der Waals surface area contributed by atoms with Crippen molar-refractivity contribution in [2.45, 2.75) is 78.9 Å². The maximum atomic E-state index is 12.3. The number of nitrogens with zero attached hydrogens (tertiary/aromatic N) is 4. The third-order valence-electron chi connectivity index (χ3n) is 12.8. The molecule has 9 rings (SSSR count). The Balaban J connectivity index is 0.000000193. The molecule has 0 saturated carbocycles. The number of allylic oxidation sites excluding steroid dienone is 2. The number of halogens is 5. The number of aryl methyl sites for hydroxylation is 2. The summed E-state index contributed by atoms with van der Waals surface area (Å²) in [4.78, 5) is 4.78. The van der Waals surface area contributed by atoms with E-state index in [2.05, 4.69) is 151 Å². The minimum atomic E-state index is -3.98. The molecular formula is C67H59BF5N4O7S4+. The zero-order chi connectivity index (χ0) is 63.6. The number of oxime groups is 2. The first-order chi connectivity index (χ1) is 42.3. The number of thioether (sulfide) groups is 1. The predicted molar refractivity (Wildman–Crippen MR) is 339 cm³/mol.